The van der Waals surface area contributed by atoms with Gasteiger partial charge in [0.25, 0.3) is 0 Å². The number of methoxy groups -OCH3 is 1. The third-order valence-electron chi connectivity index (χ3n) is 5.76. The van der Waals surface area contributed by atoms with Gasteiger partial charge in [-0.05, 0) is 36.2 Å². The number of hydrogen-bond donors (Lipinski definition) is 4. The minimum Gasteiger partial charge on any atom is -0.497 e. The van der Waals surface area contributed by atoms with Gasteiger partial charge in [0.1, 0.15) is 41.5 Å². The van der Waals surface area contributed by atoms with Gasteiger partial charge in [-0.25, -0.2) is 4.79 Å². The lowest BCUT2D eigenvalue weighted by Crippen LogP contribution is -2.60. The maximum atomic E-state index is 12.7. The average Bonchev–Trinajstić information content (AvgIpc) is 2.78. The van der Waals surface area contributed by atoms with Crippen LogP contribution in [0.25, 0.3) is 21.7 Å². The van der Waals surface area contributed by atoms with E-state index in [1.54, 1.807) is 37.4 Å². The summed E-state index contributed by atoms with van der Waals surface area (Å²) in [6.45, 7) is 3.22. The molecule has 0 unspecified atom stereocenters. The fraction of sp³-hybridized carbons (Fsp3) is 0.435. The molecule has 32 heavy (non-hydrogen) atoms. The molecule has 0 spiro atoms. The summed E-state index contributed by atoms with van der Waals surface area (Å²) in [5.41, 5.74) is 0.385. The lowest BCUT2D eigenvalue weighted by molar-refractivity contribution is -0.277. The Morgan fingerprint density at radius 2 is 1.72 bits per heavy atom. The first-order chi connectivity index (χ1) is 15.3. The van der Waals surface area contributed by atoms with Gasteiger partial charge in [-0.2, -0.15) is 0 Å². The zero-order chi connectivity index (χ0) is 23.2. The molecule has 0 amide bonds. The Hall–Kier alpha value is -2.69. The number of aliphatic hydroxyl groups excluding tert-OH is 4. The van der Waals surface area contributed by atoms with Crippen LogP contribution in [0.1, 0.15) is 25.3 Å². The van der Waals surface area contributed by atoms with E-state index in [4.69, 9.17) is 18.6 Å². The SMILES string of the molecule is COc1ccc2c(=O)oc3c(C(C)C)c(O[C@@H]4O[C@H](CO)[C@@H](O)[C@H](O)[C@H]4O)ccc3c2c1. The third-order valence-corrected chi connectivity index (χ3v) is 5.76. The van der Waals surface area contributed by atoms with E-state index >= 15 is 0 Å². The van der Waals surface area contributed by atoms with E-state index in [1.165, 1.54) is 0 Å². The van der Waals surface area contributed by atoms with E-state index in [1.807, 2.05) is 13.8 Å². The molecule has 1 aromatic heterocycles. The van der Waals surface area contributed by atoms with Crippen molar-refractivity contribution >= 4 is 21.7 Å². The minimum absolute atomic E-state index is 0.148. The van der Waals surface area contributed by atoms with Crippen molar-refractivity contribution < 1.29 is 39.1 Å². The van der Waals surface area contributed by atoms with Gasteiger partial charge in [-0.1, -0.05) is 13.8 Å². The molecule has 1 aliphatic rings. The number of ether oxygens (including phenoxy) is 3. The molecule has 4 rings (SSSR count). The van der Waals surface area contributed by atoms with Crippen LogP contribution in [0.2, 0.25) is 0 Å². The van der Waals surface area contributed by atoms with Crippen molar-refractivity contribution in [3.8, 4) is 11.5 Å². The predicted molar refractivity (Wildman–Crippen MR) is 115 cm³/mol. The minimum atomic E-state index is -1.57. The number of fused-ring (bicyclic) bond motifs is 3. The maximum Gasteiger partial charge on any atom is 0.344 e. The summed E-state index contributed by atoms with van der Waals surface area (Å²) in [6.07, 6.45) is -7.07. The van der Waals surface area contributed by atoms with Crippen molar-refractivity contribution in [1.82, 2.24) is 0 Å². The number of aliphatic hydroxyl groups is 4. The van der Waals surface area contributed by atoms with Crippen molar-refractivity contribution in [3.63, 3.8) is 0 Å². The first-order valence-corrected chi connectivity index (χ1v) is 10.3. The van der Waals surface area contributed by atoms with Gasteiger partial charge >= 0.3 is 5.63 Å². The number of benzene rings is 2. The Morgan fingerprint density at radius 1 is 1.00 bits per heavy atom. The van der Waals surface area contributed by atoms with Crippen molar-refractivity contribution in [3.05, 3.63) is 46.3 Å². The molecule has 3 aromatic rings. The molecule has 172 valence electrons. The van der Waals surface area contributed by atoms with Gasteiger partial charge in [-0.15, -0.1) is 0 Å². The lowest BCUT2D eigenvalue weighted by atomic mass is 9.96. The predicted octanol–water partition coefficient (Wildman–Crippen LogP) is 1.26. The van der Waals surface area contributed by atoms with Crippen LogP contribution in [0.4, 0.5) is 0 Å². The third kappa shape index (κ3) is 3.72. The molecule has 2 aromatic carbocycles. The molecule has 4 N–H and O–H groups in total. The summed E-state index contributed by atoms with van der Waals surface area (Å²) in [5, 5.41) is 41.6. The lowest BCUT2D eigenvalue weighted by Gasteiger charge is -2.39. The first kappa shape index (κ1) is 22.5. The van der Waals surface area contributed by atoms with Crippen LogP contribution in [0, 0.1) is 0 Å². The quantitative estimate of drug-likeness (QED) is 0.337. The van der Waals surface area contributed by atoms with Gasteiger partial charge in [0.05, 0.1) is 19.1 Å². The van der Waals surface area contributed by atoms with E-state index in [9.17, 15) is 25.2 Å². The van der Waals surface area contributed by atoms with Crippen molar-refractivity contribution in [2.75, 3.05) is 13.7 Å². The molecular weight excluding hydrogens is 420 g/mol. The Balaban J connectivity index is 1.85. The van der Waals surface area contributed by atoms with Crippen LogP contribution in [-0.2, 0) is 4.74 Å². The van der Waals surface area contributed by atoms with Crippen molar-refractivity contribution in [1.29, 1.82) is 0 Å². The second-order valence-corrected chi connectivity index (χ2v) is 8.12. The molecule has 0 radical (unpaired) electrons. The van der Waals surface area contributed by atoms with Gasteiger partial charge in [0.15, 0.2) is 0 Å². The molecule has 1 saturated heterocycles. The molecular formula is C23H26O9. The zero-order valence-electron chi connectivity index (χ0n) is 17.9. The first-order valence-electron chi connectivity index (χ1n) is 10.3. The van der Waals surface area contributed by atoms with Gasteiger partial charge in [0, 0.05) is 16.3 Å². The Bertz CT molecular complexity index is 1180. The van der Waals surface area contributed by atoms with Crippen molar-refractivity contribution in [2.24, 2.45) is 0 Å². The van der Waals surface area contributed by atoms with Crippen molar-refractivity contribution in [2.45, 2.75) is 50.5 Å². The summed E-state index contributed by atoms with van der Waals surface area (Å²) in [4.78, 5) is 12.7. The Morgan fingerprint density at radius 3 is 2.38 bits per heavy atom. The van der Waals surface area contributed by atoms with Crippen LogP contribution in [0.5, 0.6) is 11.5 Å². The molecule has 9 nitrogen and oxygen atoms in total. The molecule has 0 saturated carbocycles. The highest BCUT2D eigenvalue weighted by Gasteiger charge is 2.45. The van der Waals surface area contributed by atoms with Crippen LogP contribution in [-0.4, -0.2) is 64.8 Å². The summed E-state index contributed by atoms with van der Waals surface area (Å²) in [5.74, 6) is 0.726. The normalized spacial score (nSPS) is 26.1. The second-order valence-electron chi connectivity index (χ2n) is 8.12. The summed E-state index contributed by atoms with van der Waals surface area (Å²) in [7, 11) is 1.54. The van der Waals surface area contributed by atoms with E-state index in [-0.39, 0.29) is 11.7 Å². The summed E-state index contributed by atoms with van der Waals surface area (Å²) >= 11 is 0. The maximum absolute atomic E-state index is 12.7. The fourth-order valence-corrected chi connectivity index (χ4v) is 4.04. The van der Waals surface area contributed by atoms with Gasteiger partial charge in [-0.3, -0.25) is 0 Å². The van der Waals surface area contributed by atoms with Crippen LogP contribution in [0.15, 0.2) is 39.5 Å². The highest BCUT2D eigenvalue weighted by molar-refractivity contribution is 6.06. The number of hydrogen-bond acceptors (Lipinski definition) is 9. The van der Waals surface area contributed by atoms with E-state index in [0.29, 0.717) is 33.1 Å². The van der Waals surface area contributed by atoms with Crippen LogP contribution in [0.3, 0.4) is 0 Å². The fourth-order valence-electron chi connectivity index (χ4n) is 4.04. The summed E-state index contributed by atoms with van der Waals surface area (Å²) in [6, 6.07) is 8.48. The second kappa shape index (κ2) is 8.68. The van der Waals surface area contributed by atoms with Crippen LogP contribution >= 0.6 is 0 Å². The smallest absolute Gasteiger partial charge is 0.344 e. The standard InChI is InChI=1S/C23H26O9/c1-10(2)17-15(30-23-20(27)19(26)18(25)16(9-24)31-23)7-6-12-14-8-11(29-3)4-5-13(14)22(28)32-21(12)17/h4-8,10,16,18-20,23-27H,9H2,1-3H3/t16-,18-,19+,20-,23-/m1/s1. The summed E-state index contributed by atoms with van der Waals surface area (Å²) < 4.78 is 22.3. The number of rotatable bonds is 5. The highest BCUT2D eigenvalue weighted by Crippen LogP contribution is 2.38. The topological polar surface area (TPSA) is 139 Å². The zero-order valence-corrected chi connectivity index (χ0v) is 17.9. The monoisotopic (exact) mass is 446 g/mol. The average molecular weight is 446 g/mol. The molecule has 5 atom stereocenters. The molecule has 2 heterocycles. The Kier molecular flexibility index (Phi) is 6.11. The van der Waals surface area contributed by atoms with Crippen LogP contribution < -0.4 is 15.1 Å². The molecule has 0 bridgehead atoms. The van der Waals surface area contributed by atoms with E-state index < -0.39 is 42.9 Å². The van der Waals surface area contributed by atoms with Gasteiger partial charge < -0.3 is 39.1 Å². The molecule has 0 aliphatic carbocycles. The molecule has 9 heteroatoms. The molecule has 1 fully saturated rings. The van der Waals surface area contributed by atoms with E-state index in [2.05, 4.69) is 0 Å². The van der Waals surface area contributed by atoms with Gasteiger partial charge in [0.2, 0.25) is 6.29 Å². The molecule has 1 aliphatic heterocycles. The largest absolute Gasteiger partial charge is 0.497 e. The highest BCUT2D eigenvalue weighted by atomic mass is 16.7. The Labute approximate surface area is 183 Å². The van der Waals surface area contributed by atoms with E-state index in [0.717, 1.165) is 0 Å².